The van der Waals surface area contributed by atoms with Gasteiger partial charge in [0.15, 0.2) is 0 Å². The Labute approximate surface area is 159 Å². The fourth-order valence-electron chi connectivity index (χ4n) is 3.71. The summed E-state index contributed by atoms with van der Waals surface area (Å²) in [6, 6.07) is 4.26. The zero-order valence-corrected chi connectivity index (χ0v) is 15.1. The van der Waals surface area contributed by atoms with Crippen LogP contribution >= 0.6 is 0 Å². The Morgan fingerprint density at radius 1 is 1.25 bits per heavy atom. The van der Waals surface area contributed by atoms with Crippen molar-refractivity contribution >= 4 is 17.7 Å². The molecule has 1 aromatic carbocycles. The molecule has 2 aliphatic heterocycles. The van der Waals surface area contributed by atoms with Gasteiger partial charge in [-0.1, -0.05) is 18.2 Å². The monoisotopic (exact) mass is 398 g/mol. The number of hydrogen-bond acceptors (Lipinski definition) is 5. The SMILES string of the molecule is NCCN(Cc1cccc2c1C(=O)N(C1CCC(=O)NC1=O)C2)CC(F)(F)F. The highest BCUT2D eigenvalue weighted by Gasteiger charge is 2.40. The van der Waals surface area contributed by atoms with Gasteiger partial charge in [0.2, 0.25) is 11.8 Å². The van der Waals surface area contributed by atoms with Crippen LogP contribution < -0.4 is 11.1 Å². The van der Waals surface area contributed by atoms with E-state index in [1.165, 1.54) is 4.90 Å². The first kappa shape index (κ1) is 20.3. The molecule has 1 atom stereocenters. The number of benzene rings is 1. The van der Waals surface area contributed by atoms with Crippen molar-refractivity contribution in [2.75, 3.05) is 19.6 Å². The average molecular weight is 398 g/mol. The van der Waals surface area contributed by atoms with Crippen LogP contribution in [-0.2, 0) is 22.7 Å². The van der Waals surface area contributed by atoms with Crippen molar-refractivity contribution in [3.05, 3.63) is 34.9 Å². The van der Waals surface area contributed by atoms with E-state index in [4.69, 9.17) is 5.73 Å². The second kappa shape index (κ2) is 7.88. The lowest BCUT2D eigenvalue weighted by Crippen LogP contribution is -2.52. The van der Waals surface area contributed by atoms with Gasteiger partial charge in [-0.05, 0) is 17.5 Å². The topological polar surface area (TPSA) is 95.7 Å². The summed E-state index contributed by atoms with van der Waals surface area (Å²) in [6.45, 7) is -0.923. The molecule has 3 amide bonds. The maximum absolute atomic E-state index is 13.0. The summed E-state index contributed by atoms with van der Waals surface area (Å²) in [5, 5.41) is 2.22. The molecular formula is C18H21F3N4O3. The number of nitrogens with two attached hydrogens (primary N) is 1. The van der Waals surface area contributed by atoms with E-state index in [9.17, 15) is 27.6 Å². The van der Waals surface area contributed by atoms with Crippen LogP contribution in [0.2, 0.25) is 0 Å². The molecule has 0 spiro atoms. The maximum Gasteiger partial charge on any atom is 0.401 e. The number of hydrogen-bond donors (Lipinski definition) is 2. The summed E-state index contributed by atoms with van der Waals surface area (Å²) in [6.07, 6.45) is -4.01. The molecular weight excluding hydrogens is 377 g/mol. The average Bonchev–Trinajstić information content (AvgIpc) is 2.91. The van der Waals surface area contributed by atoms with Crippen molar-refractivity contribution in [1.82, 2.24) is 15.1 Å². The van der Waals surface area contributed by atoms with E-state index in [1.54, 1.807) is 18.2 Å². The predicted octanol–water partition coefficient (Wildman–Crippen LogP) is 0.771. The number of amides is 3. The van der Waals surface area contributed by atoms with Crippen LogP contribution in [0.3, 0.4) is 0 Å². The highest BCUT2D eigenvalue weighted by Crippen LogP contribution is 2.30. The first-order valence-corrected chi connectivity index (χ1v) is 8.94. The minimum absolute atomic E-state index is 0.0359. The molecule has 0 aliphatic carbocycles. The number of alkyl halides is 3. The van der Waals surface area contributed by atoms with E-state index in [1.807, 2.05) is 0 Å². The first-order chi connectivity index (χ1) is 13.2. The molecule has 1 aromatic rings. The van der Waals surface area contributed by atoms with Gasteiger partial charge in [-0.25, -0.2) is 0 Å². The van der Waals surface area contributed by atoms with Crippen LogP contribution in [0.15, 0.2) is 18.2 Å². The lowest BCUT2D eigenvalue weighted by atomic mass is 10.0. The van der Waals surface area contributed by atoms with Crippen molar-refractivity contribution in [3.63, 3.8) is 0 Å². The molecule has 152 valence electrons. The van der Waals surface area contributed by atoms with Gasteiger partial charge in [0.05, 0.1) is 6.54 Å². The molecule has 1 fully saturated rings. The minimum atomic E-state index is -4.38. The highest BCUT2D eigenvalue weighted by molar-refractivity contribution is 6.05. The summed E-state index contributed by atoms with van der Waals surface area (Å²) in [5.41, 5.74) is 6.89. The summed E-state index contributed by atoms with van der Waals surface area (Å²) < 4.78 is 38.5. The third kappa shape index (κ3) is 4.33. The van der Waals surface area contributed by atoms with Gasteiger partial charge in [0.25, 0.3) is 5.91 Å². The molecule has 0 bridgehead atoms. The van der Waals surface area contributed by atoms with Gasteiger partial charge in [-0.3, -0.25) is 24.6 Å². The fraction of sp³-hybridized carbons (Fsp3) is 0.500. The van der Waals surface area contributed by atoms with Gasteiger partial charge in [-0.2, -0.15) is 13.2 Å². The number of piperidine rings is 1. The second-order valence-corrected chi connectivity index (χ2v) is 6.97. The van der Waals surface area contributed by atoms with Crippen LogP contribution in [0.25, 0.3) is 0 Å². The number of halogens is 3. The van der Waals surface area contributed by atoms with Crippen LogP contribution in [0.1, 0.15) is 34.3 Å². The predicted molar refractivity (Wildman–Crippen MR) is 92.9 cm³/mol. The second-order valence-electron chi connectivity index (χ2n) is 6.97. The zero-order chi connectivity index (χ0) is 20.5. The van der Waals surface area contributed by atoms with Crippen molar-refractivity contribution in [3.8, 4) is 0 Å². The van der Waals surface area contributed by atoms with Crippen molar-refractivity contribution in [2.45, 2.75) is 38.1 Å². The number of nitrogens with zero attached hydrogens (tertiary/aromatic N) is 2. The molecule has 2 heterocycles. The van der Waals surface area contributed by atoms with Gasteiger partial charge in [0.1, 0.15) is 6.04 Å². The summed E-state index contributed by atoms with van der Waals surface area (Å²) in [4.78, 5) is 39.0. The summed E-state index contributed by atoms with van der Waals surface area (Å²) >= 11 is 0. The Bertz CT molecular complexity index is 797. The maximum atomic E-state index is 13.0. The molecule has 1 unspecified atom stereocenters. The van der Waals surface area contributed by atoms with Crippen LogP contribution in [0.4, 0.5) is 13.2 Å². The highest BCUT2D eigenvalue weighted by atomic mass is 19.4. The first-order valence-electron chi connectivity index (χ1n) is 8.94. The normalized spacial score (nSPS) is 20.0. The van der Waals surface area contributed by atoms with E-state index >= 15 is 0 Å². The van der Waals surface area contributed by atoms with Gasteiger partial charge >= 0.3 is 6.18 Å². The molecule has 0 radical (unpaired) electrons. The molecule has 7 nitrogen and oxygen atoms in total. The third-order valence-corrected chi connectivity index (χ3v) is 4.88. The standard InChI is InChI=1S/C18H21F3N4O3/c19-18(20,21)10-24(7-6-22)8-11-2-1-3-12-9-25(17(28)15(11)12)13-4-5-14(26)23-16(13)27/h1-3,13H,4-10,22H2,(H,23,26,27). The minimum Gasteiger partial charge on any atom is -0.329 e. The number of rotatable bonds is 6. The van der Waals surface area contributed by atoms with Gasteiger partial charge in [0, 0.05) is 38.2 Å². The molecule has 28 heavy (non-hydrogen) atoms. The number of nitrogens with one attached hydrogen (secondary N) is 1. The third-order valence-electron chi connectivity index (χ3n) is 4.88. The Morgan fingerprint density at radius 3 is 2.64 bits per heavy atom. The lowest BCUT2D eigenvalue weighted by molar-refractivity contribution is -0.146. The Hall–Kier alpha value is -2.46. The number of carbonyl (C=O) groups excluding carboxylic acids is 3. The van der Waals surface area contributed by atoms with Crippen LogP contribution in [0, 0.1) is 0 Å². The van der Waals surface area contributed by atoms with Crippen molar-refractivity contribution in [2.24, 2.45) is 5.73 Å². The summed E-state index contributed by atoms with van der Waals surface area (Å²) in [7, 11) is 0. The van der Waals surface area contributed by atoms with E-state index < -0.39 is 30.6 Å². The molecule has 3 rings (SSSR count). The van der Waals surface area contributed by atoms with E-state index in [-0.39, 0.29) is 44.9 Å². The van der Waals surface area contributed by atoms with Gasteiger partial charge < -0.3 is 10.6 Å². The molecule has 2 aliphatic rings. The smallest absolute Gasteiger partial charge is 0.329 e. The Kier molecular flexibility index (Phi) is 5.71. The van der Waals surface area contributed by atoms with E-state index in [0.29, 0.717) is 16.7 Å². The quantitative estimate of drug-likeness (QED) is 0.691. The number of imide groups is 1. The molecule has 0 aromatic heterocycles. The Balaban J connectivity index is 1.82. The van der Waals surface area contributed by atoms with E-state index in [2.05, 4.69) is 5.32 Å². The summed E-state index contributed by atoms with van der Waals surface area (Å²) in [5.74, 6) is -1.31. The van der Waals surface area contributed by atoms with Crippen molar-refractivity contribution < 1.29 is 27.6 Å². The number of carbonyl (C=O) groups is 3. The molecule has 10 heteroatoms. The fourth-order valence-corrected chi connectivity index (χ4v) is 3.71. The zero-order valence-electron chi connectivity index (χ0n) is 15.1. The van der Waals surface area contributed by atoms with Crippen LogP contribution in [0.5, 0.6) is 0 Å². The lowest BCUT2D eigenvalue weighted by Gasteiger charge is -2.29. The van der Waals surface area contributed by atoms with Crippen molar-refractivity contribution in [1.29, 1.82) is 0 Å². The van der Waals surface area contributed by atoms with Crippen LogP contribution in [-0.4, -0.2) is 59.4 Å². The largest absolute Gasteiger partial charge is 0.401 e. The van der Waals surface area contributed by atoms with E-state index in [0.717, 1.165) is 4.90 Å². The Morgan fingerprint density at radius 2 is 2.00 bits per heavy atom. The molecule has 1 saturated heterocycles. The molecule has 3 N–H and O–H groups in total. The molecule has 0 saturated carbocycles. The van der Waals surface area contributed by atoms with Gasteiger partial charge in [-0.15, -0.1) is 0 Å². The number of fused-ring (bicyclic) bond motifs is 1.